The van der Waals surface area contributed by atoms with Gasteiger partial charge in [0.25, 0.3) is 0 Å². The van der Waals surface area contributed by atoms with E-state index in [4.69, 9.17) is 4.98 Å². The zero-order valence-electron chi connectivity index (χ0n) is 15.5. The topological polar surface area (TPSA) is 24.3 Å². The van der Waals surface area contributed by atoms with Crippen LogP contribution in [0.5, 0.6) is 0 Å². The predicted octanol–water partition coefficient (Wildman–Crippen LogP) is 3.26. The molecule has 5 rings (SSSR count). The summed E-state index contributed by atoms with van der Waals surface area (Å²) in [6, 6.07) is 7.94. The molecule has 0 amide bonds. The summed E-state index contributed by atoms with van der Waals surface area (Å²) in [6.45, 7) is 5.92. The number of benzene rings is 1. The van der Waals surface area contributed by atoms with E-state index in [0.29, 0.717) is 5.92 Å². The molecule has 1 saturated heterocycles. The van der Waals surface area contributed by atoms with Crippen molar-refractivity contribution in [3.8, 4) is 0 Å². The maximum Gasteiger partial charge on any atom is 0.111 e. The van der Waals surface area contributed by atoms with Crippen molar-refractivity contribution < 1.29 is 0 Å². The molecule has 2 aliphatic heterocycles. The van der Waals surface area contributed by atoms with Gasteiger partial charge >= 0.3 is 0 Å². The number of imidazole rings is 1. The Hall–Kier alpha value is -1.39. The fourth-order valence-electron chi connectivity index (χ4n) is 5.03. The van der Waals surface area contributed by atoms with E-state index >= 15 is 0 Å². The van der Waals surface area contributed by atoms with Crippen molar-refractivity contribution in [3.05, 3.63) is 29.6 Å². The molecule has 1 aromatic carbocycles. The van der Waals surface area contributed by atoms with Gasteiger partial charge in [-0.2, -0.15) is 0 Å². The maximum atomic E-state index is 5.05. The number of nitrogens with zero attached hydrogens (tertiary/aromatic N) is 4. The second-order valence-electron chi connectivity index (χ2n) is 8.40. The Morgan fingerprint density at radius 1 is 1.00 bits per heavy atom. The van der Waals surface area contributed by atoms with Crippen LogP contribution in [-0.4, -0.2) is 58.6 Å². The van der Waals surface area contributed by atoms with E-state index in [1.54, 1.807) is 0 Å². The van der Waals surface area contributed by atoms with Crippen LogP contribution in [0.1, 0.15) is 49.4 Å². The average molecular weight is 338 g/mol. The highest BCUT2D eigenvalue weighted by atomic mass is 15.2. The molecule has 1 aromatic heterocycles. The third kappa shape index (κ3) is 2.89. The summed E-state index contributed by atoms with van der Waals surface area (Å²) in [4.78, 5) is 10.2. The van der Waals surface area contributed by atoms with E-state index in [0.717, 1.165) is 19.0 Å². The molecule has 0 N–H and O–H groups in total. The summed E-state index contributed by atoms with van der Waals surface area (Å²) in [5.41, 5.74) is 4.06. The second kappa shape index (κ2) is 6.40. The highest BCUT2D eigenvalue weighted by Gasteiger charge is 2.27. The summed E-state index contributed by atoms with van der Waals surface area (Å²) in [5, 5.41) is 0. The van der Waals surface area contributed by atoms with Gasteiger partial charge in [0.15, 0.2) is 0 Å². The lowest BCUT2D eigenvalue weighted by molar-refractivity contribution is 0.130. The van der Waals surface area contributed by atoms with Crippen LogP contribution in [0, 0.1) is 0 Å². The van der Waals surface area contributed by atoms with Crippen LogP contribution >= 0.6 is 0 Å². The minimum atomic E-state index is 0.679. The Bertz CT molecular complexity index is 761. The monoisotopic (exact) mass is 338 g/mol. The van der Waals surface area contributed by atoms with Crippen molar-refractivity contribution in [3.63, 3.8) is 0 Å². The molecule has 3 heterocycles. The highest BCUT2D eigenvalue weighted by Crippen LogP contribution is 2.30. The van der Waals surface area contributed by atoms with Crippen LogP contribution in [0.4, 0.5) is 0 Å². The van der Waals surface area contributed by atoms with Gasteiger partial charge in [0.1, 0.15) is 5.82 Å². The fraction of sp³-hybridized carbons (Fsp3) is 0.667. The van der Waals surface area contributed by atoms with Crippen LogP contribution < -0.4 is 0 Å². The van der Waals surface area contributed by atoms with E-state index in [2.05, 4.69) is 39.6 Å². The van der Waals surface area contributed by atoms with Crippen molar-refractivity contribution in [2.24, 2.45) is 0 Å². The molecule has 0 radical (unpaired) electrons. The average Bonchev–Trinajstić information content (AvgIpc) is 2.80. The normalized spacial score (nSPS) is 26.4. The number of fused-ring (bicyclic) bond motifs is 3. The quantitative estimate of drug-likeness (QED) is 0.840. The molecule has 3 aliphatic rings. The lowest BCUT2D eigenvalue weighted by Crippen LogP contribution is -2.41. The first-order valence-electron chi connectivity index (χ1n) is 10.2. The third-order valence-electron chi connectivity index (χ3n) is 6.77. The first kappa shape index (κ1) is 15.8. The number of piperidine rings is 1. The number of likely N-dealkylation sites (N-methyl/N-ethyl adjacent to an activating group) is 1. The lowest BCUT2D eigenvalue weighted by atomic mass is 9.90. The van der Waals surface area contributed by atoms with Gasteiger partial charge in [0, 0.05) is 38.6 Å². The second-order valence-corrected chi connectivity index (χ2v) is 8.40. The van der Waals surface area contributed by atoms with Gasteiger partial charge in [-0.3, -0.25) is 4.90 Å². The van der Waals surface area contributed by atoms with E-state index in [9.17, 15) is 0 Å². The Labute approximate surface area is 150 Å². The van der Waals surface area contributed by atoms with Gasteiger partial charge in [0.2, 0.25) is 0 Å². The molecular weight excluding hydrogens is 308 g/mol. The van der Waals surface area contributed by atoms with Gasteiger partial charge in [-0.25, -0.2) is 4.98 Å². The molecule has 1 atom stereocenters. The molecule has 0 bridgehead atoms. The molecule has 2 fully saturated rings. The third-order valence-corrected chi connectivity index (χ3v) is 6.77. The molecule has 134 valence electrons. The summed E-state index contributed by atoms with van der Waals surface area (Å²) >= 11 is 0. The minimum absolute atomic E-state index is 0.679. The number of hydrogen-bond acceptors (Lipinski definition) is 3. The standard InChI is InChI=1S/C21H30N4/c1-23-10-3-4-17(15-23)16-7-8-20-19(14-16)22-21-9-11-24(12-13-25(20)21)18-5-2-6-18/h7-8,14,17-18H,2-6,9-13,15H2,1H3. The van der Waals surface area contributed by atoms with Crippen molar-refractivity contribution in [1.29, 1.82) is 0 Å². The SMILES string of the molecule is CN1CCCC(c2ccc3c(c2)nc2n3CCN(C3CCC3)CC2)C1. The molecular formula is C21H30N4. The predicted molar refractivity (Wildman–Crippen MR) is 102 cm³/mol. The van der Waals surface area contributed by atoms with E-state index < -0.39 is 0 Å². The van der Waals surface area contributed by atoms with Crippen molar-refractivity contribution >= 4 is 11.0 Å². The van der Waals surface area contributed by atoms with E-state index in [1.807, 2.05) is 0 Å². The van der Waals surface area contributed by atoms with Crippen LogP contribution in [0.3, 0.4) is 0 Å². The highest BCUT2D eigenvalue weighted by molar-refractivity contribution is 5.77. The Kier molecular flexibility index (Phi) is 4.05. The molecule has 1 aliphatic carbocycles. The summed E-state index contributed by atoms with van der Waals surface area (Å²) in [5.74, 6) is 1.98. The summed E-state index contributed by atoms with van der Waals surface area (Å²) in [7, 11) is 2.25. The number of likely N-dealkylation sites (tertiary alicyclic amines) is 1. The Morgan fingerprint density at radius 2 is 1.92 bits per heavy atom. The number of aromatic nitrogens is 2. The van der Waals surface area contributed by atoms with Crippen LogP contribution in [0.15, 0.2) is 18.2 Å². The summed E-state index contributed by atoms with van der Waals surface area (Å²) in [6.07, 6.45) is 7.97. The van der Waals surface area contributed by atoms with Gasteiger partial charge in [-0.1, -0.05) is 12.5 Å². The van der Waals surface area contributed by atoms with Crippen molar-refractivity contribution in [2.75, 3.05) is 33.2 Å². The van der Waals surface area contributed by atoms with Gasteiger partial charge in [-0.15, -0.1) is 0 Å². The zero-order chi connectivity index (χ0) is 16.8. The molecule has 2 aromatic rings. The molecule has 1 unspecified atom stereocenters. The molecule has 25 heavy (non-hydrogen) atoms. The van der Waals surface area contributed by atoms with E-state index in [-0.39, 0.29) is 0 Å². The van der Waals surface area contributed by atoms with Gasteiger partial charge in [-0.05, 0) is 62.9 Å². The van der Waals surface area contributed by atoms with Crippen molar-refractivity contribution in [2.45, 2.75) is 57.0 Å². The first-order chi connectivity index (χ1) is 12.3. The fourth-order valence-corrected chi connectivity index (χ4v) is 5.03. The number of rotatable bonds is 2. The van der Waals surface area contributed by atoms with Crippen LogP contribution in [0.2, 0.25) is 0 Å². The van der Waals surface area contributed by atoms with Crippen LogP contribution in [0.25, 0.3) is 11.0 Å². The van der Waals surface area contributed by atoms with Crippen molar-refractivity contribution in [1.82, 2.24) is 19.4 Å². The largest absolute Gasteiger partial charge is 0.327 e. The zero-order valence-corrected chi connectivity index (χ0v) is 15.5. The Balaban J connectivity index is 1.40. The first-order valence-corrected chi connectivity index (χ1v) is 10.2. The minimum Gasteiger partial charge on any atom is -0.327 e. The number of hydrogen-bond donors (Lipinski definition) is 0. The lowest BCUT2D eigenvalue weighted by Gasteiger charge is -2.36. The smallest absolute Gasteiger partial charge is 0.111 e. The Morgan fingerprint density at radius 3 is 2.72 bits per heavy atom. The molecule has 4 heteroatoms. The molecule has 1 saturated carbocycles. The van der Waals surface area contributed by atoms with E-state index in [1.165, 1.54) is 80.7 Å². The van der Waals surface area contributed by atoms with Gasteiger partial charge < -0.3 is 9.47 Å². The maximum absolute atomic E-state index is 5.05. The van der Waals surface area contributed by atoms with Gasteiger partial charge in [0.05, 0.1) is 11.0 Å². The van der Waals surface area contributed by atoms with Crippen LogP contribution in [-0.2, 0) is 13.0 Å². The molecule has 0 spiro atoms. The molecule has 4 nitrogen and oxygen atoms in total. The summed E-state index contributed by atoms with van der Waals surface area (Å²) < 4.78 is 2.49.